The summed E-state index contributed by atoms with van der Waals surface area (Å²) in [5.74, 6) is 1.53. The number of carbonyl (C=O) groups excluding carboxylic acids is 1. The predicted molar refractivity (Wildman–Crippen MR) is 124 cm³/mol. The fraction of sp³-hybridized carbons (Fsp3) is 0.154. The molecule has 0 fully saturated rings. The topological polar surface area (TPSA) is 51.1 Å². The maximum absolute atomic E-state index is 12.8. The Hall–Kier alpha value is -3.86. The summed E-state index contributed by atoms with van der Waals surface area (Å²) in [6, 6.07) is 26.9. The van der Waals surface area contributed by atoms with Crippen LogP contribution in [0.25, 0.3) is 6.08 Å². The van der Waals surface area contributed by atoms with Crippen LogP contribution >= 0.6 is 0 Å². The lowest BCUT2D eigenvalue weighted by Gasteiger charge is -2.11. The van der Waals surface area contributed by atoms with Crippen molar-refractivity contribution < 1.29 is 14.3 Å². The first-order valence-corrected chi connectivity index (χ1v) is 10.3. The third-order valence-electron chi connectivity index (χ3n) is 4.82. The molecule has 4 rings (SSSR count). The summed E-state index contributed by atoms with van der Waals surface area (Å²) in [6.07, 6.45) is 2.65. The molecule has 1 amide bonds. The van der Waals surface area contributed by atoms with Crippen molar-refractivity contribution >= 4 is 23.4 Å². The standard InChI is InChI=1S/C26H24N2O3/c1-20-25(26(29)28(27-20)22-9-4-2-5-10-22)19-21-13-15-24(16-14-21)31-18-8-17-30-23-11-6-3-7-12-23/h2-7,9-16,19H,8,17-18H2,1H3/b25-19-. The Morgan fingerprint density at radius 2 is 1.39 bits per heavy atom. The first-order chi connectivity index (χ1) is 15.2. The number of anilines is 1. The van der Waals surface area contributed by atoms with E-state index in [1.54, 1.807) is 0 Å². The Morgan fingerprint density at radius 3 is 2.03 bits per heavy atom. The molecule has 0 aromatic heterocycles. The summed E-state index contributed by atoms with van der Waals surface area (Å²) in [5, 5.41) is 5.85. The zero-order chi connectivity index (χ0) is 21.5. The Morgan fingerprint density at radius 1 is 0.806 bits per heavy atom. The van der Waals surface area contributed by atoms with Gasteiger partial charge in [-0.25, -0.2) is 0 Å². The van der Waals surface area contributed by atoms with Crippen LogP contribution in [0.4, 0.5) is 5.69 Å². The predicted octanol–water partition coefficient (Wildman–Crippen LogP) is 5.34. The minimum atomic E-state index is -0.123. The van der Waals surface area contributed by atoms with E-state index in [0.717, 1.165) is 29.2 Å². The second-order valence-corrected chi connectivity index (χ2v) is 7.13. The van der Waals surface area contributed by atoms with Crippen LogP contribution in [0.3, 0.4) is 0 Å². The molecule has 0 spiro atoms. The molecule has 5 nitrogen and oxygen atoms in total. The van der Waals surface area contributed by atoms with E-state index in [-0.39, 0.29) is 5.91 Å². The second-order valence-electron chi connectivity index (χ2n) is 7.13. The summed E-state index contributed by atoms with van der Waals surface area (Å²) in [4.78, 5) is 12.8. The van der Waals surface area contributed by atoms with Gasteiger partial charge in [0.2, 0.25) is 0 Å². The molecule has 0 saturated carbocycles. The molecule has 3 aromatic carbocycles. The van der Waals surface area contributed by atoms with Gasteiger partial charge in [-0.15, -0.1) is 0 Å². The number of hydrazone groups is 1. The van der Waals surface area contributed by atoms with E-state index in [0.29, 0.717) is 24.5 Å². The number of hydrogen-bond acceptors (Lipinski definition) is 4. The first-order valence-electron chi connectivity index (χ1n) is 10.3. The fourth-order valence-corrected chi connectivity index (χ4v) is 3.21. The summed E-state index contributed by atoms with van der Waals surface area (Å²) >= 11 is 0. The lowest BCUT2D eigenvalue weighted by molar-refractivity contribution is -0.114. The second kappa shape index (κ2) is 9.76. The molecule has 0 radical (unpaired) electrons. The van der Waals surface area contributed by atoms with Crippen LogP contribution in [0.2, 0.25) is 0 Å². The van der Waals surface area contributed by atoms with E-state index in [1.807, 2.05) is 97.9 Å². The van der Waals surface area contributed by atoms with Crippen molar-refractivity contribution in [3.05, 3.63) is 96.1 Å². The van der Waals surface area contributed by atoms with Crippen molar-refractivity contribution in [1.29, 1.82) is 0 Å². The molecule has 0 aliphatic carbocycles. The van der Waals surface area contributed by atoms with Gasteiger partial charge in [-0.2, -0.15) is 10.1 Å². The number of nitrogens with zero attached hydrogens (tertiary/aromatic N) is 2. The van der Waals surface area contributed by atoms with Crippen molar-refractivity contribution in [3.63, 3.8) is 0 Å². The summed E-state index contributed by atoms with van der Waals surface area (Å²) in [5.41, 5.74) is 2.98. The van der Waals surface area contributed by atoms with Gasteiger partial charge in [0.1, 0.15) is 11.5 Å². The summed E-state index contributed by atoms with van der Waals surface area (Å²) in [6.45, 7) is 3.03. The lowest BCUT2D eigenvalue weighted by Crippen LogP contribution is -2.21. The van der Waals surface area contributed by atoms with Crippen LogP contribution in [0.1, 0.15) is 18.9 Å². The van der Waals surface area contributed by atoms with Gasteiger partial charge >= 0.3 is 0 Å². The van der Waals surface area contributed by atoms with Crippen LogP contribution in [0, 0.1) is 0 Å². The molecule has 1 aliphatic rings. The molecule has 0 saturated heterocycles. The van der Waals surface area contributed by atoms with E-state index in [2.05, 4.69) is 5.10 Å². The van der Waals surface area contributed by atoms with E-state index in [1.165, 1.54) is 5.01 Å². The van der Waals surface area contributed by atoms with Crippen molar-refractivity contribution in [2.24, 2.45) is 5.10 Å². The van der Waals surface area contributed by atoms with E-state index in [9.17, 15) is 4.79 Å². The van der Waals surface area contributed by atoms with Gasteiger partial charge in [0.15, 0.2) is 0 Å². The molecule has 31 heavy (non-hydrogen) atoms. The molecule has 5 heteroatoms. The van der Waals surface area contributed by atoms with E-state index >= 15 is 0 Å². The Bertz CT molecular complexity index is 1070. The monoisotopic (exact) mass is 412 g/mol. The zero-order valence-corrected chi connectivity index (χ0v) is 17.4. The van der Waals surface area contributed by atoms with Crippen LogP contribution in [0.15, 0.2) is 95.6 Å². The zero-order valence-electron chi connectivity index (χ0n) is 17.4. The van der Waals surface area contributed by atoms with Gasteiger partial charge in [0.05, 0.1) is 30.2 Å². The van der Waals surface area contributed by atoms with Gasteiger partial charge in [-0.3, -0.25) is 4.79 Å². The largest absolute Gasteiger partial charge is 0.493 e. The number of para-hydroxylation sites is 2. The molecule has 3 aromatic rings. The number of ether oxygens (including phenoxy) is 2. The average molecular weight is 412 g/mol. The minimum absolute atomic E-state index is 0.123. The van der Waals surface area contributed by atoms with E-state index < -0.39 is 0 Å². The highest BCUT2D eigenvalue weighted by atomic mass is 16.5. The van der Waals surface area contributed by atoms with Crippen LogP contribution < -0.4 is 14.5 Å². The van der Waals surface area contributed by atoms with Gasteiger partial charge in [0.25, 0.3) is 5.91 Å². The number of benzene rings is 3. The number of rotatable bonds is 8. The van der Waals surface area contributed by atoms with Crippen LogP contribution in [-0.4, -0.2) is 24.8 Å². The minimum Gasteiger partial charge on any atom is -0.493 e. The number of carbonyl (C=O) groups is 1. The van der Waals surface area contributed by atoms with Gasteiger partial charge in [0, 0.05) is 6.42 Å². The molecule has 156 valence electrons. The number of hydrogen-bond donors (Lipinski definition) is 0. The third-order valence-corrected chi connectivity index (χ3v) is 4.82. The molecule has 0 N–H and O–H groups in total. The molecule has 1 aliphatic heterocycles. The first kappa shape index (κ1) is 20.4. The Labute approximate surface area is 182 Å². The van der Waals surface area contributed by atoms with Crippen LogP contribution in [0.5, 0.6) is 11.5 Å². The fourth-order valence-electron chi connectivity index (χ4n) is 3.21. The highest BCUT2D eigenvalue weighted by Gasteiger charge is 2.28. The van der Waals surface area contributed by atoms with Crippen molar-refractivity contribution in [2.45, 2.75) is 13.3 Å². The van der Waals surface area contributed by atoms with Crippen molar-refractivity contribution in [1.82, 2.24) is 0 Å². The Kier molecular flexibility index (Phi) is 6.43. The molecule has 0 atom stereocenters. The lowest BCUT2D eigenvalue weighted by atomic mass is 10.1. The molecule has 0 bridgehead atoms. The molecule has 0 unspecified atom stereocenters. The SMILES string of the molecule is CC1=NN(c2ccccc2)C(=O)/C1=C\c1ccc(OCCCOc2ccccc2)cc1. The van der Waals surface area contributed by atoms with Gasteiger partial charge in [-0.05, 0) is 55.0 Å². The van der Waals surface area contributed by atoms with Crippen molar-refractivity contribution in [3.8, 4) is 11.5 Å². The smallest absolute Gasteiger partial charge is 0.280 e. The highest BCUT2D eigenvalue weighted by molar-refractivity contribution is 6.32. The van der Waals surface area contributed by atoms with Crippen molar-refractivity contribution in [2.75, 3.05) is 18.2 Å². The quantitative estimate of drug-likeness (QED) is 0.371. The third kappa shape index (κ3) is 5.20. The maximum atomic E-state index is 12.8. The molecular weight excluding hydrogens is 388 g/mol. The average Bonchev–Trinajstić information content (AvgIpc) is 3.09. The van der Waals surface area contributed by atoms with E-state index in [4.69, 9.17) is 9.47 Å². The molecular formula is C26H24N2O3. The summed E-state index contributed by atoms with van der Waals surface area (Å²) in [7, 11) is 0. The number of amides is 1. The normalized spacial score (nSPS) is 14.6. The molecule has 1 heterocycles. The highest BCUT2D eigenvalue weighted by Crippen LogP contribution is 2.25. The Balaban J connectivity index is 1.30. The summed E-state index contributed by atoms with van der Waals surface area (Å²) < 4.78 is 11.4. The van der Waals surface area contributed by atoms with Gasteiger partial charge in [-0.1, -0.05) is 48.5 Å². The van der Waals surface area contributed by atoms with Gasteiger partial charge < -0.3 is 9.47 Å². The van der Waals surface area contributed by atoms with Crippen LogP contribution in [-0.2, 0) is 4.79 Å². The maximum Gasteiger partial charge on any atom is 0.280 e.